The molecule has 0 radical (unpaired) electrons. The highest BCUT2D eigenvalue weighted by Gasteiger charge is 2.50. The molecule has 27 heavy (non-hydrogen) atoms. The van der Waals surface area contributed by atoms with Gasteiger partial charge < -0.3 is 0 Å². The number of non-ortho nitro benzene ring substituents is 1. The summed E-state index contributed by atoms with van der Waals surface area (Å²) >= 11 is 0. The summed E-state index contributed by atoms with van der Waals surface area (Å²) in [5.74, 6) is -2.08. The number of fused-ring (bicyclic) bond motifs is 1. The van der Waals surface area contributed by atoms with Gasteiger partial charge in [0.05, 0.1) is 21.7 Å². The van der Waals surface area contributed by atoms with Crippen molar-refractivity contribution in [2.24, 2.45) is 0 Å². The van der Waals surface area contributed by atoms with Crippen LogP contribution in [0.2, 0.25) is 0 Å². The summed E-state index contributed by atoms with van der Waals surface area (Å²) in [5, 5.41) is 10.9. The maximum atomic E-state index is 13.0. The van der Waals surface area contributed by atoms with E-state index < -0.39 is 48.4 Å². The Hall–Kier alpha value is -3.28. The first-order valence-electron chi connectivity index (χ1n) is 7.04. The highest BCUT2D eigenvalue weighted by Crippen LogP contribution is 2.40. The minimum atomic E-state index is -6.09. The van der Waals surface area contributed by atoms with Crippen molar-refractivity contribution in [2.45, 2.75) is 10.4 Å². The number of alkyl halides is 3. The summed E-state index contributed by atoms with van der Waals surface area (Å²) in [4.78, 5) is 33.4. The Bertz CT molecular complexity index is 1080. The average Bonchev–Trinajstić information content (AvgIpc) is 2.85. The van der Waals surface area contributed by atoms with Gasteiger partial charge in [0.1, 0.15) is 4.90 Å². The quantitative estimate of drug-likeness (QED) is 0.445. The lowest BCUT2D eigenvalue weighted by Gasteiger charge is -2.19. The SMILES string of the molecule is O=C1c2ccccc2C(=O)N1c1ccc([N+](=O)[O-])cc1S(=O)(=O)C(F)(F)F. The molecule has 8 nitrogen and oxygen atoms in total. The third-order valence-electron chi connectivity index (χ3n) is 3.78. The lowest BCUT2D eigenvalue weighted by atomic mass is 10.1. The van der Waals surface area contributed by atoms with Crippen molar-refractivity contribution in [1.82, 2.24) is 0 Å². The summed E-state index contributed by atoms with van der Waals surface area (Å²) < 4.78 is 62.9. The first-order chi connectivity index (χ1) is 12.5. The van der Waals surface area contributed by atoms with Crippen LogP contribution in [0, 0.1) is 10.1 Å². The smallest absolute Gasteiger partial charge is 0.268 e. The molecular formula is C15H7F3N2O6S. The standard InChI is InChI=1S/C15H7F3N2O6S/c16-15(17,18)27(25,26)12-7-8(20(23)24)5-6-11(12)19-13(21)9-3-1-2-4-10(9)14(19)22/h1-7H. The molecular weight excluding hydrogens is 393 g/mol. The molecule has 0 unspecified atom stereocenters. The number of halogens is 3. The van der Waals surface area contributed by atoms with Crippen LogP contribution in [0.25, 0.3) is 0 Å². The molecule has 0 atom stereocenters. The fourth-order valence-electron chi connectivity index (χ4n) is 2.55. The summed E-state index contributed by atoms with van der Waals surface area (Å²) in [7, 11) is -6.09. The van der Waals surface area contributed by atoms with E-state index in [1.807, 2.05) is 0 Å². The monoisotopic (exact) mass is 400 g/mol. The van der Waals surface area contributed by atoms with E-state index in [1.54, 1.807) is 0 Å². The molecule has 0 spiro atoms. The van der Waals surface area contributed by atoms with Gasteiger partial charge in [-0.1, -0.05) is 12.1 Å². The number of hydrogen-bond donors (Lipinski definition) is 0. The lowest BCUT2D eigenvalue weighted by Crippen LogP contribution is -2.33. The van der Waals surface area contributed by atoms with E-state index in [0.29, 0.717) is 12.1 Å². The molecule has 1 heterocycles. The summed E-state index contributed by atoms with van der Waals surface area (Å²) in [5.41, 5.74) is -7.91. The third kappa shape index (κ3) is 2.73. The largest absolute Gasteiger partial charge is 0.501 e. The molecule has 0 aliphatic carbocycles. The van der Waals surface area contributed by atoms with Crippen molar-refractivity contribution < 1.29 is 36.1 Å². The molecule has 2 aromatic carbocycles. The number of imide groups is 1. The Kier molecular flexibility index (Phi) is 4.03. The lowest BCUT2D eigenvalue weighted by molar-refractivity contribution is -0.385. The molecule has 0 aromatic heterocycles. The van der Waals surface area contributed by atoms with E-state index in [9.17, 15) is 41.3 Å². The van der Waals surface area contributed by atoms with Gasteiger partial charge in [-0.3, -0.25) is 19.7 Å². The van der Waals surface area contributed by atoms with E-state index >= 15 is 0 Å². The van der Waals surface area contributed by atoms with Gasteiger partial charge in [-0.2, -0.15) is 13.2 Å². The van der Waals surface area contributed by atoms with E-state index in [-0.39, 0.29) is 22.1 Å². The van der Waals surface area contributed by atoms with Gasteiger partial charge in [0.2, 0.25) is 0 Å². The van der Waals surface area contributed by atoms with E-state index in [4.69, 9.17) is 0 Å². The number of sulfone groups is 1. The van der Waals surface area contributed by atoms with Gasteiger partial charge in [0.25, 0.3) is 27.3 Å². The average molecular weight is 400 g/mol. The third-order valence-corrected chi connectivity index (χ3v) is 5.30. The zero-order chi connectivity index (χ0) is 20.1. The van der Waals surface area contributed by atoms with Gasteiger partial charge in [-0.05, 0) is 18.2 Å². The zero-order valence-electron chi connectivity index (χ0n) is 12.9. The maximum Gasteiger partial charge on any atom is 0.501 e. The van der Waals surface area contributed by atoms with E-state index in [0.717, 1.165) is 0 Å². The Morgan fingerprint density at radius 1 is 0.963 bits per heavy atom. The molecule has 3 rings (SSSR count). The zero-order valence-corrected chi connectivity index (χ0v) is 13.7. The van der Waals surface area contributed by atoms with Crippen LogP contribution < -0.4 is 4.90 Å². The fourth-order valence-corrected chi connectivity index (χ4v) is 3.51. The van der Waals surface area contributed by atoms with Crippen molar-refractivity contribution in [3.63, 3.8) is 0 Å². The molecule has 140 valence electrons. The van der Waals surface area contributed by atoms with Crippen LogP contribution in [0.15, 0.2) is 47.4 Å². The van der Waals surface area contributed by atoms with Crippen LogP contribution in [-0.2, 0) is 9.84 Å². The first kappa shape index (κ1) is 18.5. The van der Waals surface area contributed by atoms with Crippen molar-refractivity contribution in [1.29, 1.82) is 0 Å². The fraction of sp³-hybridized carbons (Fsp3) is 0.0667. The molecule has 2 aromatic rings. The van der Waals surface area contributed by atoms with Gasteiger partial charge in [0, 0.05) is 12.1 Å². The number of carbonyl (C=O) groups excluding carboxylic acids is 2. The molecule has 1 aliphatic heterocycles. The van der Waals surface area contributed by atoms with Crippen LogP contribution >= 0.6 is 0 Å². The molecule has 0 N–H and O–H groups in total. The number of nitro groups is 1. The van der Waals surface area contributed by atoms with Crippen molar-refractivity contribution in [2.75, 3.05) is 4.90 Å². The second-order valence-electron chi connectivity index (χ2n) is 5.35. The Morgan fingerprint density at radius 2 is 1.48 bits per heavy atom. The number of nitrogens with zero attached hydrogens (tertiary/aromatic N) is 2. The summed E-state index contributed by atoms with van der Waals surface area (Å²) in [6.07, 6.45) is 0. The highest BCUT2D eigenvalue weighted by molar-refractivity contribution is 7.92. The molecule has 2 amide bonds. The Balaban J connectivity index is 2.28. The number of anilines is 1. The number of rotatable bonds is 3. The summed E-state index contributed by atoms with van der Waals surface area (Å²) in [6.45, 7) is 0. The molecule has 12 heteroatoms. The second kappa shape index (κ2) is 5.87. The van der Waals surface area contributed by atoms with Gasteiger partial charge >= 0.3 is 5.51 Å². The van der Waals surface area contributed by atoms with E-state index in [2.05, 4.69) is 0 Å². The number of hydrogen-bond acceptors (Lipinski definition) is 6. The van der Waals surface area contributed by atoms with Crippen LogP contribution in [-0.4, -0.2) is 30.7 Å². The van der Waals surface area contributed by atoms with Gasteiger partial charge in [-0.25, -0.2) is 13.3 Å². The minimum absolute atomic E-state index is 0.129. The van der Waals surface area contributed by atoms with Crippen molar-refractivity contribution in [3.05, 3.63) is 63.7 Å². The Labute approximate surface area is 148 Å². The molecule has 0 saturated heterocycles. The molecule has 0 bridgehead atoms. The van der Waals surface area contributed by atoms with Crippen LogP contribution in [0.3, 0.4) is 0 Å². The molecule has 1 aliphatic rings. The Morgan fingerprint density at radius 3 is 1.93 bits per heavy atom. The number of amides is 2. The van der Waals surface area contributed by atoms with Gasteiger partial charge in [-0.15, -0.1) is 0 Å². The second-order valence-corrected chi connectivity index (χ2v) is 7.26. The predicted octanol–water partition coefficient (Wildman–Crippen LogP) is 2.69. The van der Waals surface area contributed by atoms with Crippen LogP contribution in [0.1, 0.15) is 20.7 Å². The van der Waals surface area contributed by atoms with Gasteiger partial charge in [0.15, 0.2) is 0 Å². The molecule has 0 saturated carbocycles. The van der Waals surface area contributed by atoms with Crippen LogP contribution in [0.4, 0.5) is 24.5 Å². The van der Waals surface area contributed by atoms with Crippen LogP contribution in [0.5, 0.6) is 0 Å². The normalized spacial score (nSPS) is 14.4. The topological polar surface area (TPSA) is 115 Å². The number of benzene rings is 2. The number of nitro benzene ring substituents is 1. The van der Waals surface area contributed by atoms with E-state index in [1.165, 1.54) is 24.3 Å². The first-order valence-corrected chi connectivity index (χ1v) is 8.52. The number of carbonyl (C=O) groups is 2. The predicted molar refractivity (Wildman–Crippen MR) is 83.9 cm³/mol. The van der Waals surface area contributed by atoms with Crippen molar-refractivity contribution in [3.8, 4) is 0 Å². The summed E-state index contributed by atoms with van der Waals surface area (Å²) in [6, 6.07) is 6.82. The molecule has 0 fully saturated rings. The minimum Gasteiger partial charge on any atom is -0.268 e. The highest BCUT2D eigenvalue weighted by atomic mass is 32.2. The maximum absolute atomic E-state index is 13.0. The van der Waals surface area contributed by atoms with Crippen molar-refractivity contribution >= 4 is 33.0 Å².